The van der Waals surface area contributed by atoms with Crippen molar-refractivity contribution in [2.45, 2.75) is 39.5 Å². The Labute approximate surface area is 362 Å². The second-order valence-corrected chi connectivity index (χ2v) is 15.5. The first-order valence-corrected chi connectivity index (χ1v) is 20.1. The molecule has 0 atom stereocenters. The third-order valence-corrected chi connectivity index (χ3v) is 11.0. The van der Waals surface area contributed by atoms with Gasteiger partial charge in [-0.3, -0.25) is 4.98 Å². The van der Waals surface area contributed by atoms with Crippen molar-refractivity contribution in [1.82, 2.24) is 9.97 Å². The van der Waals surface area contributed by atoms with Gasteiger partial charge < -0.3 is 18.2 Å². The number of aromatic nitrogens is 2. The van der Waals surface area contributed by atoms with Gasteiger partial charge in [-0.2, -0.15) is 0 Å². The molecule has 60 heavy (non-hydrogen) atoms. The van der Waals surface area contributed by atoms with Crippen molar-refractivity contribution in [1.29, 1.82) is 0 Å². The summed E-state index contributed by atoms with van der Waals surface area (Å²) in [4.78, 5) is 9.23. The second-order valence-electron chi connectivity index (χ2n) is 15.5. The number of rotatable bonds is 6. The van der Waals surface area contributed by atoms with Crippen molar-refractivity contribution < 1.29 is 33.4 Å². The summed E-state index contributed by atoms with van der Waals surface area (Å²) < 4.78 is 19.5. The van der Waals surface area contributed by atoms with Crippen LogP contribution in [0.15, 0.2) is 171 Å². The van der Waals surface area contributed by atoms with Crippen LogP contribution in [0.2, 0.25) is 0 Å². The summed E-state index contributed by atoms with van der Waals surface area (Å²) in [6.45, 7) is 9.06. The summed E-state index contributed by atoms with van der Waals surface area (Å²) in [6, 6.07) is 58.0. The molecule has 0 spiro atoms. The Morgan fingerprint density at radius 1 is 0.517 bits per heavy atom. The van der Waals surface area contributed by atoms with Crippen molar-refractivity contribution in [2.75, 3.05) is 0 Å². The predicted octanol–water partition coefficient (Wildman–Crippen LogP) is 15.2. The van der Waals surface area contributed by atoms with Gasteiger partial charge in [0.1, 0.15) is 28.2 Å². The average molecular weight is 957 g/mol. The van der Waals surface area contributed by atoms with Crippen LogP contribution >= 0.6 is 0 Å². The van der Waals surface area contributed by atoms with E-state index in [-0.39, 0.29) is 20.1 Å². The molecule has 0 aliphatic carbocycles. The van der Waals surface area contributed by atoms with Crippen molar-refractivity contribution >= 4 is 55.0 Å². The summed E-state index contributed by atoms with van der Waals surface area (Å²) in [7, 11) is 0. The van der Waals surface area contributed by atoms with Crippen LogP contribution in [0.25, 0.3) is 99.9 Å². The van der Waals surface area contributed by atoms with Crippen molar-refractivity contribution in [3.63, 3.8) is 0 Å². The summed E-state index contributed by atoms with van der Waals surface area (Å²) in [6.07, 6.45) is 1.79. The van der Waals surface area contributed by atoms with Crippen LogP contribution in [-0.4, -0.2) is 9.97 Å². The minimum atomic E-state index is 0. The smallest absolute Gasteiger partial charge is 0.149 e. The van der Waals surface area contributed by atoms with Gasteiger partial charge >= 0.3 is 0 Å². The van der Waals surface area contributed by atoms with Crippen LogP contribution in [0.3, 0.4) is 0 Å². The van der Waals surface area contributed by atoms with Gasteiger partial charge in [0.15, 0.2) is 0 Å². The Morgan fingerprint density at radius 2 is 1.23 bits per heavy atom. The van der Waals surface area contributed by atoms with E-state index < -0.39 is 0 Å². The normalized spacial score (nSPS) is 11.5. The van der Waals surface area contributed by atoms with Gasteiger partial charge in [0.2, 0.25) is 0 Å². The molecule has 6 heteroatoms. The second kappa shape index (κ2) is 16.2. The molecule has 0 bridgehead atoms. The van der Waals surface area contributed by atoms with Crippen LogP contribution in [0, 0.1) is 12.1 Å². The van der Waals surface area contributed by atoms with Crippen LogP contribution in [0.5, 0.6) is 0 Å². The van der Waals surface area contributed by atoms with Crippen molar-refractivity contribution in [3.05, 3.63) is 181 Å². The Bertz CT molecular complexity index is 3210. The molecule has 4 heterocycles. The van der Waals surface area contributed by atoms with E-state index in [4.69, 9.17) is 18.2 Å². The maximum atomic E-state index is 6.73. The van der Waals surface area contributed by atoms with Crippen molar-refractivity contribution in [2.24, 2.45) is 0 Å². The summed E-state index contributed by atoms with van der Waals surface area (Å²) in [5.41, 5.74) is 14.8. The quantitative estimate of drug-likeness (QED) is 0.155. The molecule has 0 saturated heterocycles. The van der Waals surface area contributed by atoms with Gasteiger partial charge in [-0.25, -0.2) is 0 Å². The summed E-state index contributed by atoms with van der Waals surface area (Å²) >= 11 is 0. The van der Waals surface area contributed by atoms with Gasteiger partial charge in [-0.1, -0.05) is 118 Å². The van der Waals surface area contributed by atoms with Crippen molar-refractivity contribution in [3.8, 4) is 45.0 Å². The fraction of sp³-hybridized carbons (Fsp3) is 0.111. The number of benzene rings is 7. The molecule has 295 valence electrons. The molecule has 0 saturated carbocycles. The van der Waals surface area contributed by atoms with E-state index in [1.165, 1.54) is 27.8 Å². The molecular weight excluding hydrogens is 917 g/mol. The number of hydrogen-bond acceptors (Lipinski definition) is 5. The van der Waals surface area contributed by atoms with Crippen LogP contribution in [-0.2, 0) is 20.1 Å². The van der Waals surface area contributed by atoms with Gasteiger partial charge in [0, 0.05) is 48.0 Å². The van der Waals surface area contributed by atoms with E-state index in [1.54, 1.807) is 6.20 Å². The first-order valence-electron chi connectivity index (χ1n) is 20.1. The minimum Gasteiger partial charge on any atom is -0.500 e. The Kier molecular flexibility index (Phi) is 10.5. The van der Waals surface area contributed by atoms with E-state index in [1.807, 2.05) is 78.9 Å². The molecule has 7 aromatic carbocycles. The standard InChI is InChI=1S/C43H32NO3.C11H8N.Ir/c1-24(2)32-20-27(26-12-6-5-7-13-26)21-33(25(3)4)40(32)30-16-11-18-36-42(30)47-43(44-36)31-17-10-15-29-35-23-38-34(22-39(35)46-41(29)31)28-14-8-9-19-37(28)45-38;1-2-6-10(7-3-1)11-8-4-5-9-12-11;/h5-16,18-25H,1-4H3;1-6,8-9H;/q2*-1;. The maximum Gasteiger partial charge on any atom is 0.149 e. The minimum absolute atomic E-state index is 0. The maximum absolute atomic E-state index is 6.73. The number of para-hydroxylation sites is 2. The van der Waals surface area contributed by atoms with E-state index >= 15 is 0 Å². The third kappa shape index (κ3) is 7.02. The fourth-order valence-electron chi connectivity index (χ4n) is 8.15. The monoisotopic (exact) mass is 957 g/mol. The largest absolute Gasteiger partial charge is 0.500 e. The molecule has 0 amide bonds. The van der Waals surface area contributed by atoms with Gasteiger partial charge in [-0.15, -0.1) is 54.1 Å². The zero-order valence-corrected chi connectivity index (χ0v) is 36.0. The number of furan rings is 2. The Morgan fingerprint density at radius 3 is 1.97 bits per heavy atom. The molecule has 11 rings (SSSR count). The molecule has 0 aliphatic heterocycles. The topological polar surface area (TPSA) is 65.2 Å². The SMILES string of the molecule is CC(C)c1cc(-c2ccccc2)cc(C(C)C)c1-c1cccc2nc(-c3[c-]ccc4c3oc3cc5c(cc34)oc3ccccc35)oc12.[Ir].[c-]1ccccc1-c1ccccn1. The number of nitrogens with zero attached hydrogens (tertiary/aromatic N) is 2. The molecule has 1 radical (unpaired) electrons. The molecular formula is C54H40IrN2O3-2. The predicted molar refractivity (Wildman–Crippen MR) is 240 cm³/mol. The van der Waals surface area contributed by atoms with E-state index in [2.05, 4.69) is 118 Å². The number of pyridine rings is 1. The van der Waals surface area contributed by atoms with E-state index in [9.17, 15) is 0 Å². The summed E-state index contributed by atoms with van der Waals surface area (Å²) in [5.74, 6) is 1.10. The fourth-order valence-corrected chi connectivity index (χ4v) is 8.15. The number of oxazole rings is 1. The third-order valence-electron chi connectivity index (χ3n) is 11.0. The zero-order chi connectivity index (χ0) is 40.0. The first-order chi connectivity index (χ1) is 28.9. The Hall–Kier alpha value is -6.59. The molecule has 0 aliphatic rings. The average Bonchev–Trinajstić information content (AvgIpc) is 3.99. The van der Waals surface area contributed by atoms with E-state index in [0.29, 0.717) is 28.9 Å². The molecule has 0 unspecified atom stereocenters. The zero-order valence-electron chi connectivity index (χ0n) is 33.6. The molecule has 11 aromatic rings. The van der Waals surface area contributed by atoms with Crippen LogP contribution < -0.4 is 0 Å². The molecule has 0 N–H and O–H groups in total. The Balaban J connectivity index is 0.000000306. The van der Waals surface area contributed by atoms with Gasteiger partial charge in [0.25, 0.3) is 0 Å². The summed E-state index contributed by atoms with van der Waals surface area (Å²) in [5, 5.41) is 4.06. The molecule has 0 fully saturated rings. The molecule has 5 nitrogen and oxygen atoms in total. The number of fused-ring (bicyclic) bond motifs is 7. The van der Waals surface area contributed by atoms with Crippen LogP contribution in [0.4, 0.5) is 0 Å². The van der Waals surface area contributed by atoms with Gasteiger partial charge in [0.05, 0.1) is 11.1 Å². The number of hydrogen-bond donors (Lipinski definition) is 0. The first kappa shape index (κ1) is 38.9. The van der Waals surface area contributed by atoms with Gasteiger partial charge in [-0.05, 0) is 81.2 Å². The van der Waals surface area contributed by atoms with E-state index in [0.717, 1.165) is 66.2 Å². The van der Waals surface area contributed by atoms with Crippen LogP contribution in [0.1, 0.15) is 50.7 Å². The molecule has 4 aromatic heterocycles.